The Balaban J connectivity index is 1.87. The van der Waals surface area contributed by atoms with E-state index in [-0.39, 0.29) is 6.04 Å². The Bertz CT molecular complexity index is 237. The number of nitrogens with one attached hydrogen (secondary N) is 1. The average molecular weight is 164 g/mol. The summed E-state index contributed by atoms with van der Waals surface area (Å²) < 4.78 is 5.21. The molecule has 1 atom stereocenters. The van der Waals surface area contributed by atoms with Crippen LogP contribution in [0.1, 0.15) is 12.8 Å². The van der Waals surface area contributed by atoms with Crippen molar-refractivity contribution >= 4 is 6.02 Å². The molecule has 0 saturated heterocycles. The zero-order chi connectivity index (χ0) is 8.39. The molecule has 0 spiro atoms. The average Bonchev–Trinajstić information content (AvgIpc) is 2.80. The van der Waals surface area contributed by atoms with E-state index in [9.17, 15) is 0 Å². The van der Waals surface area contributed by atoms with Gasteiger partial charge in [0.2, 0.25) is 0 Å². The first-order chi connectivity index (χ1) is 5.90. The predicted octanol–water partition coefficient (Wildman–Crippen LogP) is 0.374. The van der Waals surface area contributed by atoms with Gasteiger partial charge in [-0.05, 0) is 18.8 Å². The summed E-state index contributed by atoms with van der Waals surface area (Å²) >= 11 is 0. The van der Waals surface area contributed by atoms with Crippen LogP contribution in [-0.4, -0.2) is 25.2 Å². The van der Waals surface area contributed by atoms with E-state index in [1.165, 1.54) is 12.8 Å². The fourth-order valence-electron chi connectivity index (χ4n) is 1.28. The monoisotopic (exact) mass is 164 g/mol. The van der Waals surface area contributed by atoms with Crippen molar-refractivity contribution < 1.29 is 4.74 Å². The molecule has 0 bridgehead atoms. The maximum absolute atomic E-state index is 5.37. The molecular weight excluding hydrogens is 152 g/mol. The van der Waals surface area contributed by atoms with Gasteiger partial charge in [-0.15, -0.1) is 6.42 Å². The molecule has 0 radical (unpaired) electrons. The molecule has 12 heavy (non-hydrogen) atoms. The van der Waals surface area contributed by atoms with E-state index in [0.29, 0.717) is 18.5 Å². The first kappa shape index (κ1) is 7.48. The van der Waals surface area contributed by atoms with E-state index in [1.54, 1.807) is 0 Å². The van der Waals surface area contributed by atoms with Gasteiger partial charge in [0.15, 0.2) is 0 Å². The molecule has 2 aliphatic rings. The number of aliphatic imine (C=N–C) groups is 1. The first-order valence-electron chi connectivity index (χ1n) is 4.30. The molecule has 0 aromatic heterocycles. The van der Waals surface area contributed by atoms with Crippen molar-refractivity contribution in [1.82, 2.24) is 5.32 Å². The highest BCUT2D eigenvalue weighted by atomic mass is 16.5. The van der Waals surface area contributed by atoms with Gasteiger partial charge < -0.3 is 10.1 Å². The van der Waals surface area contributed by atoms with Crippen LogP contribution in [-0.2, 0) is 4.74 Å². The van der Waals surface area contributed by atoms with Crippen LogP contribution < -0.4 is 5.32 Å². The summed E-state index contributed by atoms with van der Waals surface area (Å²) in [6.45, 7) is 1.44. The maximum Gasteiger partial charge on any atom is 0.285 e. The minimum absolute atomic E-state index is 0.127. The second-order valence-electron chi connectivity index (χ2n) is 3.16. The molecule has 0 aromatic carbocycles. The van der Waals surface area contributed by atoms with Crippen LogP contribution in [0.5, 0.6) is 0 Å². The predicted molar refractivity (Wildman–Crippen MR) is 46.7 cm³/mol. The molecule has 3 heteroatoms. The van der Waals surface area contributed by atoms with Crippen molar-refractivity contribution in [1.29, 1.82) is 0 Å². The lowest BCUT2D eigenvalue weighted by Crippen LogP contribution is -2.35. The van der Waals surface area contributed by atoms with Gasteiger partial charge in [0.25, 0.3) is 6.02 Å². The number of terminal acetylenes is 1. The summed E-state index contributed by atoms with van der Waals surface area (Å²) in [6.07, 6.45) is 7.83. The molecule has 1 aliphatic heterocycles. The lowest BCUT2D eigenvalue weighted by atomic mass is 10.2. The highest BCUT2D eigenvalue weighted by Gasteiger charge is 2.31. The quantitative estimate of drug-likeness (QED) is 0.598. The van der Waals surface area contributed by atoms with Gasteiger partial charge in [-0.3, -0.25) is 0 Å². The molecule has 2 rings (SSSR count). The third-order valence-corrected chi connectivity index (χ3v) is 2.14. The van der Waals surface area contributed by atoms with E-state index in [1.807, 2.05) is 0 Å². The summed E-state index contributed by atoms with van der Waals surface area (Å²) in [5.74, 6) is 3.36. The Morgan fingerprint density at radius 2 is 2.50 bits per heavy atom. The number of hydrogen-bond donors (Lipinski definition) is 1. The third kappa shape index (κ3) is 1.53. The third-order valence-electron chi connectivity index (χ3n) is 2.14. The van der Waals surface area contributed by atoms with E-state index in [2.05, 4.69) is 16.2 Å². The smallest absolute Gasteiger partial charge is 0.285 e. The van der Waals surface area contributed by atoms with Gasteiger partial charge in [0, 0.05) is 0 Å². The Kier molecular flexibility index (Phi) is 1.91. The molecule has 1 saturated carbocycles. The highest BCUT2D eigenvalue weighted by molar-refractivity contribution is 5.75. The standard InChI is InChI=1S/C9H12N2O/c1-2-8(7-3-4-7)11-9-10-5-6-12-9/h1,7-8H,3-6H2,(H,10,11). The molecule has 1 aliphatic carbocycles. The summed E-state index contributed by atoms with van der Waals surface area (Å²) in [6, 6.07) is 0.756. The zero-order valence-electron chi connectivity index (χ0n) is 6.92. The van der Waals surface area contributed by atoms with Crippen LogP contribution in [0.25, 0.3) is 0 Å². The molecule has 1 heterocycles. The lowest BCUT2D eigenvalue weighted by molar-refractivity contribution is 0.327. The van der Waals surface area contributed by atoms with Gasteiger partial charge in [0.05, 0.1) is 12.6 Å². The van der Waals surface area contributed by atoms with Crippen LogP contribution >= 0.6 is 0 Å². The van der Waals surface area contributed by atoms with Crippen LogP contribution in [0.2, 0.25) is 0 Å². The zero-order valence-corrected chi connectivity index (χ0v) is 6.92. The Morgan fingerprint density at radius 1 is 1.67 bits per heavy atom. The van der Waals surface area contributed by atoms with E-state index in [4.69, 9.17) is 11.2 Å². The Morgan fingerprint density at radius 3 is 3.00 bits per heavy atom. The molecule has 1 unspecified atom stereocenters. The van der Waals surface area contributed by atoms with Gasteiger partial charge in [-0.2, -0.15) is 0 Å². The first-order valence-corrected chi connectivity index (χ1v) is 4.30. The molecule has 64 valence electrons. The van der Waals surface area contributed by atoms with Crippen molar-refractivity contribution in [3.05, 3.63) is 0 Å². The van der Waals surface area contributed by atoms with E-state index < -0.39 is 0 Å². The Labute approximate surface area is 72.2 Å². The molecule has 0 amide bonds. The highest BCUT2D eigenvalue weighted by Crippen LogP contribution is 2.32. The van der Waals surface area contributed by atoms with Gasteiger partial charge in [-0.1, -0.05) is 5.92 Å². The fraction of sp³-hybridized carbons (Fsp3) is 0.667. The van der Waals surface area contributed by atoms with Gasteiger partial charge in [0.1, 0.15) is 6.61 Å². The van der Waals surface area contributed by atoms with Crippen LogP contribution in [0.3, 0.4) is 0 Å². The second kappa shape index (κ2) is 3.06. The minimum atomic E-state index is 0.127. The second-order valence-corrected chi connectivity index (χ2v) is 3.16. The van der Waals surface area contributed by atoms with Gasteiger partial charge >= 0.3 is 0 Å². The van der Waals surface area contributed by atoms with Crippen molar-refractivity contribution in [2.24, 2.45) is 10.9 Å². The summed E-state index contributed by atoms with van der Waals surface area (Å²) in [5.41, 5.74) is 0. The maximum atomic E-state index is 5.37. The van der Waals surface area contributed by atoms with Crippen molar-refractivity contribution in [3.8, 4) is 12.3 Å². The number of nitrogens with zero attached hydrogens (tertiary/aromatic N) is 1. The number of rotatable bonds is 2. The molecule has 1 N–H and O–H groups in total. The Hall–Kier alpha value is -1.17. The van der Waals surface area contributed by atoms with Crippen LogP contribution in [0.4, 0.5) is 0 Å². The summed E-state index contributed by atoms with van der Waals surface area (Å²) in [4.78, 5) is 4.12. The van der Waals surface area contributed by atoms with Crippen molar-refractivity contribution in [2.45, 2.75) is 18.9 Å². The van der Waals surface area contributed by atoms with Crippen LogP contribution in [0.15, 0.2) is 4.99 Å². The van der Waals surface area contributed by atoms with Crippen molar-refractivity contribution in [2.75, 3.05) is 13.2 Å². The molecule has 0 aromatic rings. The molecule has 1 fully saturated rings. The van der Waals surface area contributed by atoms with E-state index in [0.717, 1.165) is 6.54 Å². The van der Waals surface area contributed by atoms with Gasteiger partial charge in [-0.25, -0.2) is 4.99 Å². The number of amidine groups is 1. The number of hydrogen-bond acceptors (Lipinski definition) is 3. The topological polar surface area (TPSA) is 33.6 Å². The normalized spacial score (nSPS) is 23.8. The van der Waals surface area contributed by atoms with Crippen LogP contribution in [0, 0.1) is 18.3 Å². The SMILES string of the molecule is C#CC(NC1=NCCO1)C1CC1. The van der Waals surface area contributed by atoms with E-state index >= 15 is 0 Å². The largest absolute Gasteiger partial charge is 0.463 e. The minimum Gasteiger partial charge on any atom is -0.463 e. The fourth-order valence-corrected chi connectivity index (χ4v) is 1.28. The number of ether oxygens (including phenoxy) is 1. The summed E-state index contributed by atoms with van der Waals surface area (Å²) in [5, 5.41) is 3.12. The summed E-state index contributed by atoms with van der Waals surface area (Å²) in [7, 11) is 0. The lowest BCUT2D eigenvalue weighted by Gasteiger charge is -2.11. The van der Waals surface area contributed by atoms with Crippen molar-refractivity contribution in [3.63, 3.8) is 0 Å². The molecular formula is C9H12N2O. The molecule has 3 nitrogen and oxygen atoms in total.